The number of esters is 1. The van der Waals surface area contributed by atoms with Gasteiger partial charge in [0.05, 0.1) is 24.0 Å². The van der Waals surface area contributed by atoms with Gasteiger partial charge in [-0.05, 0) is 37.8 Å². The highest BCUT2D eigenvalue weighted by molar-refractivity contribution is 5.98. The highest BCUT2D eigenvalue weighted by atomic mass is 16.5. The fourth-order valence-electron chi connectivity index (χ4n) is 1.91. The predicted molar refractivity (Wildman–Crippen MR) is 79.4 cm³/mol. The highest BCUT2D eigenvalue weighted by Gasteiger charge is 2.15. The first-order valence-corrected chi connectivity index (χ1v) is 6.69. The molecule has 1 aromatic rings. The van der Waals surface area contributed by atoms with Gasteiger partial charge in [0.25, 0.3) is 0 Å². The normalized spacial score (nSPS) is 12.3. The van der Waals surface area contributed by atoms with Crippen LogP contribution in [-0.2, 0) is 4.74 Å². The number of nitrogens with two attached hydrogens (primary N) is 1. The zero-order chi connectivity index (χ0) is 14.4. The number of rotatable bonds is 6. The molecule has 4 nitrogen and oxygen atoms in total. The largest absolute Gasteiger partial charge is 0.465 e. The van der Waals surface area contributed by atoms with Crippen molar-refractivity contribution in [3.63, 3.8) is 0 Å². The lowest BCUT2D eigenvalue weighted by molar-refractivity contribution is 0.0602. The van der Waals surface area contributed by atoms with Gasteiger partial charge in [0.15, 0.2) is 0 Å². The summed E-state index contributed by atoms with van der Waals surface area (Å²) in [6.45, 7) is 6.49. The zero-order valence-corrected chi connectivity index (χ0v) is 12.2. The van der Waals surface area contributed by atoms with Crippen molar-refractivity contribution in [1.82, 2.24) is 0 Å². The Morgan fingerprint density at radius 3 is 2.58 bits per heavy atom. The lowest BCUT2D eigenvalue weighted by Crippen LogP contribution is -2.19. The van der Waals surface area contributed by atoms with Crippen molar-refractivity contribution in [2.75, 3.05) is 18.2 Å². The van der Waals surface area contributed by atoms with Crippen molar-refractivity contribution >= 4 is 17.3 Å². The monoisotopic (exact) mass is 264 g/mol. The molecule has 0 spiro atoms. The molecule has 1 atom stereocenters. The highest BCUT2D eigenvalue weighted by Crippen LogP contribution is 2.25. The van der Waals surface area contributed by atoms with Crippen molar-refractivity contribution in [2.24, 2.45) is 5.92 Å². The van der Waals surface area contributed by atoms with Crippen LogP contribution >= 0.6 is 0 Å². The maximum atomic E-state index is 11.7. The Bertz CT molecular complexity index is 430. The van der Waals surface area contributed by atoms with Gasteiger partial charge in [-0.15, -0.1) is 0 Å². The van der Waals surface area contributed by atoms with Crippen molar-refractivity contribution < 1.29 is 9.53 Å². The lowest BCUT2D eigenvalue weighted by Gasteiger charge is -2.19. The number of benzene rings is 1. The van der Waals surface area contributed by atoms with E-state index in [2.05, 4.69) is 26.1 Å². The second kappa shape index (κ2) is 7.02. The maximum Gasteiger partial charge on any atom is 0.340 e. The molecule has 4 heteroatoms. The Balaban J connectivity index is 2.84. The zero-order valence-electron chi connectivity index (χ0n) is 12.2. The summed E-state index contributed by atoms with van der Waals surface area (Å²) in [7, 11) is 1.37. The number of para-hydroxylation sites is 1. The van der Waals surface area contributed by atoms with Crippen molar-refractivity contribution in [3.8, 4) is 0 Å². The van der Waals surface area contributed by atoms with Crippen LogP contribution in [0.3, 0.4) is 0 Å². The Morgan fingerprint density at radius 1 is 1.32 bits per heavy atom. The first-order valence-electron chi connectivity index (χ1n) is 6.69. The van der Waals surface area contributed by atoms with Crippen LogP contribution in [0.1, 0.15) is 44.0 Å². The van der Waals surface area contributed by atoms with Gasteiger partial charge in [0.2, 0.25) is 0 Å². The molecule has 19 heavy (non-hydrogen) atoms. The van der Waals surface area contributed by atoms with Gasteiger partial charge < -0.3 is 15.8 Å². The van der Waals surface area contributed by atoms with E-state index in [9.17, 15) is 4.79 Å². The van der Waals surface area contributed by atoms with Crippen LogP contribution in [0, 0.1) is 5.92 Å². The van der Waals surface area contributed by atoms with Crippen LogP contribution < -0.4 is 11.1 Å². The van der Waals surface area contributed by atoms with Gasteiger partial charge >= 0.3 is 5.97 Å². The second-order valence-corrected chi connectivity index (χ2v) is 5.28. The molecular weight excluding hydrogens is 240 g/mol. The number of anilines is 2. The third-order valence-electron chi connectivity index (χ3n) is 3.07. The number of hydrogen-bond acceptors (Lipinski definition) is 4. The number of ether oxygens (including phenoxy) is 1. The Morgan fingerprint density at radius 2 is 2.00 bits per heavy atom. The van der Waals surface area contributed by atoms with Crippen LogP contribution in [-0.4, -0.2) is 19.1 Å². The van der Waals surface area contributed by atoms with Gasteiger partial charge in [-0.3, -0.25) is 0 Å². The summed E-state index contributed by atoms with van der Waals surface area (Å²) in [5.41, 5.74) is 7.67. The summed E-state index contributed by atoms with van der Waals surface area (Å²) in [4.78, 5) is 11.7. The molecule has 0 aliphatic carbocycles. The molecule has 0 saturated carbocycles. The molecule has 0 heterocycles. The van der Waals surface area contributed by atoms with E-state index in [0.717, 1.165) is 12.8 Å². The second-order valence-electron chi connectivity index (χ2n) is 5.28. The summed E-state index contributed by atoms with van der Waals surface area (Å²) in [6.07, 6.45) is 2.17. The van der Waals surface area contributed by atoms with E-state index in [1.165, 1.54) is 7.11 Å². The van der Waals surface area contributed by atoms with E-state index in [0.29, 0.717) is 22.9 Å². The van der Waals surface area contributed by atoms with Gasteiger partial charge in [0, 0.05) is 6.04 Å². The number of carbonyl (C=O) groups is 1. The third kappa shape index (κ3) is 4.47. The average molecular weight is 264 g/mol. The SMILES string of the molecule is COC(=O)c1cccc(N)c1NC(C)CCC(C)C. The predicted octanol–water partition coefficient (Wildman–Crippen LogP) is 3.29. The smallest absolute Gasteiger partial charge is 0.340 e. The third-order valence-corrected chi connectivity index (χ3v) is 3.07. The molecule has 1 rings (SSSR count). The molecule has 0 aliphatic rings. The van der Waals surface area contributed by atoms with E-state index in [-0.39, 0.29) is 12.0 Å². The lowest BCUT2D eigenvalue weighted by atomic mass is 10.0. The van der Waals surface area contributed by atoms with E-state index >= 15 is 0 Å². The summed E-state index contributed by atoms with van der Waals surface area (Å²) >= 11 is 0. The maximum absolute atomic E-state index is 11.7. The molecule has 0 aliphatic heterocycles. The number of nitrogens with one attached hydrogen (secondary N) is 1. The fraction of sp³-hybridized carbons (Fsp3) is 0.533. The van der Waals surface area contributed by atoms with E-state index in [4.69, 9.17) is 10.5 Å². The topological polar surface area (TPSA) is 64.3 Å². The van der Waals surface area contributed by atoms with Crippen molar-refractivity contribution in [3.05, 3.63) is 23.8 Å². The molecule has 106 valence electrons. The number of methoxy groups -OCH3 is 1. The molecular formula is C15H24N2O2. The first kappa shape index (κ1) is 15.3. The van der Waals surface area contributed by atoms with Gasteiger partial charge in [0.1, 0.15) is 0 Å². The van der Waals surface area contributed by atoms with E-state index in [1.807, 2.05) is 0 Å². The van der Waals surface area contributed by atoms with Gasteiger partial charge in [-0.2, -0.15) is 0 Å². The van der Waals surface area contributed by atoms with Crippen LogP contribution in [0.25, 0.3) is 0 Å². The van der Waals surface area contributed by atoms with Gasteiger partial charge in [-0.1, -0.05) is 19.9 Å². The first-order chi connectivity index (χ1) is 8.95. The minimum atomic E-state index is -0.370. The number of carbonyl (C=O) groups excluding carboxylic acids is 1. The minimum Gasteiger partial charge on any atom is -0.465 e. The minimum absolute atomic E-state index is 0.260. The summed E-state index contributed by atoms with van der Waals surface area (Å²) in [5, 5.41) is 3.32. The van der Waals surface area contributed by atoms with E-state index < -0.39 is 0 Å². The molecule has 0 fully saturated rings. The fourth-order valence-corrected chi connectivity index (χ4v) is 1.91. The molecule has 3 N–H and O–H groups in total. The molecule has 1 aromatic carbocycles. The van der Waals surface area contributed by atoms with Gasteiger partial charge in [-0.25, -0.2) is 4.79 Å². The standard InChI is InChI=1S/C15H24N2O2/c1-10(2)8-9-11(3)17-14-12(15(18)19-4)6-5-7-13(14)16/h5-7,10-11,17H,8-9,16H2,1-4H3. The number of nitrogen functional groups attached to an aromatic ring is 1. The quantitative estimate of drug-likeness (QED) is 0.611. The molecule has 0 saturated heterocycles. The Labute approximate surface area is 115 Å². The van der Waals surface area contributed by atoms with Crippen LogP contribution in [0.4, 0.5) is 11.4 Å². The van der Waals surface area contributed by atoms with Crippen LogP contribution in [0.15, 0.2) is 18.2 Å². The Kier molecular flexibility index (Phi) is 5.67. The molecule has 1 unspecified atom stereocenters. The molecule has 0 radical (unpaired) electrons. The summed E-state index contributed by atoms with van der Waals surface area (Å²) in [6, 6.07) is 5.52. The average Bonchev–Trinajstić information content (AvgIpc) is 2.37. The number of hydrogen-bond donors (Lipinski definition) is 2. The molecule has 0 amide bonds. The summed E-state index contributed by atoms with van der Waals surface area (Å²) < 4.78 is 4.78. The van der Waals surface area contributed by atoms with Crippen molar-refractivity contribution in [1.29, 1.82) is 0 Å². The molecule has 0 aromatic heterocycles. The van der Waals surface area contributed by atoms with Crippen LogP contribution in [0.2, 0.25) is 0 Å². The summed E-state index contributed by atoms with van der Waals surface area (Å²) in [5.74, 6) is 0.295. The van der Waals surface area contributed by atoms with Crippen LogP contribution in [0.5, 0.6) is 0 Å². The van der Waals surface area contributed by atoms with E-state index in [1.54, 1.807) is 18.2 Å². The van der Waals surface area contributed by atoms with Crippen molar-refractivity contribution in [2.45, 2.75) is 39.7 Å². The Hall–Kier alpha value is -1.71. The molecule has 0 bridgehead atoms.